The molecule has 0 saturated heterocycles. The van der Waals surface area contributed by atoms with Gasteiger partial charge in [0.15, 0.2) is 0 Å². The highest BCUT2D eigenvalue weighted by Crippen LogP contribution is 2.68. The Balaban J connectivity index is 1.40. The fraction of sp³-hybridized carbons (Fsp3) is 0.966. The van der Waals surface area contributed by atoms with Gasteiger partial charge in [-0.2, -0.15) is 8.42 Å². The van der Waals surface area contributed by atoms with Crippen molar-refractivity contribution < 1.29 is 28.0 Å². The summed E-state index contributed by atoms with van der Waals surface area (Å²) < 4.78 is 31.9. The van der Waals surface area contributed by atoms with Crippen molar-refractivity contribution in [1.82, 2.24) is 5.32 Å². The maximum atomic E-state index is 12.7. The van der Waals surface area contributed by atoms with Crippen molar-refractivity contribution in [3.05, 3.63) is 0 Å². The molecule has 4 saturated carbocycles. The molecule has 7 nitrogen and oxygen atoms in total. The minimum atomic E-state index is -4.17. The van der Waals surface area contributed by atoms with E-state index in [4.69, 9.17) is 0 Å². The van der Waals surface area contributed by atoms with Crippen LogP contribution in [0.5, 0.6) is 0 Å². The Kier molecular flexibility index (Phi) is 8.47. The smallest absolute Gasteiger partial charge is 0.266 e. The van der Waals surface area contributed by atoms with Crippen LogP contribution in [0.1, 0.15) is 98.8 Å². The Morgan fingerprint density at radius 2 is 1.70 bits per heavy atom. The highest BCUT2D eigenvalue weighted by atomic mass is 32.2. The Morgan fingerprint density at radius 1 is 1.00 bits per heavy atom. The summed E-state index contributed by atoms with van der Waals surface area (Å²) >= 11 is 0. The molecule has 1 amide bonds. The van der Waals surface area contributed by atoms with E-state index in [2.05, 4.69) is 26.1 Å². The first-order chi connectivity index (χ1) is 17.2. The predicted molar refractivity (Wildman–Crippen MR) is 144 cm³/mol. The van der Waals surface area contributed by atoms with Crippen molar-refractivity contribution >= 4 is 16.0 Å². The molecule has 4 N–H and O–H groups in total. The zero-order chi connectivity index (χ0) is 27.3. The van der Waals surface area contributed by atoms with E-state index in [9.17, 15) is 28.0 Å². The molecule has 0 heterocycles. The van der Waals surface area contributed by atoms with Crippen LogP contribution in [0, 0.1) is 52.3 Å². The third kappa shape index (κ3) is 5.64. The van der Waals surface area contributed by atoms with Crippen LogP contribution in [0.25, 0.3) is 0 Å². The highest BCUT2D eigenvalue weighted by molar-refractivity contribution is 7.85. The highest BCUT2D eigenvalue weighted by Gasteiger charge is 2.63. The van der Waals surface area contributed by atoms with Gasteiger partial charge in [0.05, 0.1) is 18.0 Å². The fourth-order valence-electron chi connectivity index (χ4n) is 9.63. The second-order valence-electron chi connectivity index (χ2n) is 14.1. The molecular weight excluding hydrogens is 490 g/mol. The Hall–Kier alpha value is -0.700. The third-order valence-corrected chi connectivity index (χ3v) is 12.7. The molecule has 4 fully saturated rings. The monoisotopic (exact) mass is 541 g/mol. The van der Waals surface area contributed by atoms with Gasteiger partial charge in [-0.15, -0.1) is 0 Å². The molecule has 0 spiro atoms. The van der Waals surface area contributed by atoms with Crippen molar-refractivity contribution in [3.63, 3.8) is 0 Å². The maximum absolute atomic E-state index is 12.7. The largest absolute Gasteiger partial charge is 0.393 e. The second-order valence-corrected chi connectivity index (χ2v) is 15.6. The van der Waals surface area contributed by atoms with Gasteiger partial charge < -0.3 is 15.5 Å². The minimum Gasteiger partial charge on any atom is -0.393 e. The van der Waals surface area contributed by atoms with Gasteiger partial charge in [-0.3, -0.25) is 9.35 Å². The molecule has 0 radical (unpaired) electrons. The Morgan fingerprint density at radius 3 is 2.35 bits per heavy atom. The number of aliphatic hydroxyl groups excluding tert-OH is 2. The summed E-state index contributed by atoms with van der Waals surface area (Å²) in [6.07, 6.45) is 8.87. The van der Waals surface area contributed by atoms with Gasteiger partial charge in [0.1, 0.15) is 0 Å². The molecular formula is C29H51NO6S. The number of carbonyl (C=O) groups excluding carboxylic acids is 1. The Bertz CT molecular complexity index is 939. The zero-order valence-corrected chi connectivity index (χ0v) is 24.3. The molecule has 0 aromatic carbocycles. The van der Waals surface area contributed by atoms with E-state index in [0.717, 1.165) is 38.5 Å². The predicted octanol–water partition coefficient (Wildman–Crippen LogP) is 4.42. The number of aliphatic hydroxyl groups is 2. The standard InChI is InChI=1S/C29H51NO6S/c1-17(2)25(16-37(34,35)36)30-27(33)11-6-18(3)22-9-10-23-21-8-7-19-14-20(31)12-13-28(19,4)24(21)15-26(32)29(22,23)5/h17-26,31-32H,6-16H2,1-5H3,(H,30,33)(H,34,35,36). The van der Waals surface area contributed by atoms with Crippen LogP contribution in [0.2, 0.25) is 0 Å². The summed E-state index contributed by atoms with van der Waals surface area (Å²) in [5.41, 5.74) is 0.0844. The molecule has 4 aliphatic carbocycles. The van der Waals surface area contributed by atoms with Crippen LogP contribution in [0.15, 0.2) is 0 Å². The van der Waals surface area contributed by atoms with E-state index in [-0.39, 0.29) is 40.8 Å². The number of hydrogen-bond acceptors (Lipinski definition) is 5. The van der Waals surface area contributed by atoms with Crippen LogP contribution >= 0.6 is 0 Å². The van der Waals surface area contributed by atoms with Crippen molar-refractivity contribution in [2.75, 3.05) is 5.75 Å². The van der Waals surface area contributed by atoms with Gasteiger partial charge in [-0.05, 0) is 110 Å². The average Bonchev–Trinajstić information content (AvgIpc) is 3.16. The molecule has 0 bridgehead atoms. The summed E-state index contributed by atoms with van der Waals surface area (Å²) in [5.74, 6) is 2.13. The SMILES string of the molecule is CC(C)C(CS(=O)(=O)O)NC(=O)CCC(C)C1CCC2C3CCC4CC(O)CCC4(C)C3CC(O)C12C. The average molecular weight is 542 g/mol. The van der Waals surface area contributed by atoms with Gasteiger partial charge in [0.25, 0.3) is 10.1 Å². The first-order valence-corrected chi connectivity index (χ1v) is 16.4. The maximum Gasteiger partial charge on any atom is 0.266 e. The van der Waals surface area contributed by atoms with Crippen molar-refractivity contribution in [3.8, 4) is 0 Å². The molecule has 4 rings (SSSR count). The topological polar surface area (TPSA) is 124 Å². The summed E-state index contributed by atoms with van der Waals surface area (Å²) in [5, 5.41) is 24.8. The molecule has 4 aliphatic rings. The van der Waals surface area contributed by atoms with E-state index >= 15 is 0 Å². The van der Waals surface area contributed by atoms with Crippen molar-refractivity contribution in [2.45, 2.75) is 117 Å². The lowest BCUT2D eigenvalue weighted by Crippen LogP contribution is -2.58. The molecule has 214 valence electrons. The summed E-state index contributed by atoms with van der Waals surface area (Å²) in [4.78, 5) is 12.7. The second kappa shape index (κ2) is 10.7. The van der Waals surface area contributed by atoms with E-state index in [0.29, 0.717) is 42.4 Å². The van der Waals surface area contributed by atoms with Gasteiger partial charge in [0.2, 0.25) is 5.91 Å². The van der Waals surface area contributed by atoms with Crippen LogP contribution < -0.4 is 5.32 Å². The fourth-order valence-corrected chi connectivity index (χ4v) is 10.5. The molecule has 0 aromatic heterocycles. The molecule has 0 aromatic rings. The third-order valence-electron chi connectivity index (χ3n) is 11.9. The van der Waals surface area contributed by atoms with Crippen LogP contribution in [-0.4, -0.2) is 53.1 Å². The number of rotatable bonds is 8. The van der Waals surface area contributed by atoms with E-state index < -0.39 is 21.9 Å². The van der Waals surface area contributed by atoms with E-state index in [1.54, 1.807) is 0 Å². The number of nitrogens with one attached hydrogen (secondary N) is 1. The normalized spacial score (nSPS) is 43.4. The number of hydrogen-bond donors (Lipinski definition) is 4. The lowest BCUT2D eigenvalue weighted by Gasteiger charge is -2.62. The van der Waals surface area contributed by atoms with Crippen molar-refractivity contribution in [1.29, 1.82) is 0 Å². The van der Waals surface area contributed by atoms with Crippen molar-refractivity contribution in [2.24, 2.45) is 52.3 Å². The van der Waals surface area contributed by atoms with Crippen LogP contribution in [0.3, 0.4) is 0 Å². The zero-order valence-electron chi connectivity index (χ0n) is 23.5. The quantitative estimate of drug-likeness (QED) is 0.337. The molecule has 0 aliphatic heterocycles. The van der Waals surface area contributed by atoms with Gasteiger partial charge >= 0.3 is 0 Å². The summed E-state index contributed by atoms with van der Waals surface area (Å²) in [6.45, 7) is 10.6. The molecule has 11 unspecified atom stereocenters. The van der Waals surface area contributed by atoms with Crippen LogP contribution in [0.4, 0.5) is 0 Å². The first kappa shape index (κ1) is 29.3. The molecule has 11 atom stereocenters. The van der Waals surface area contributed by atoms with Gasteiger partial charge in [-0.1, -0.05) is 34.6 Å². The molecule has 37 heavy (non-hydrogen) atoms. The minimum absolute atomic E-state index is 0.104. The Labute approximate surface area is 224 Å². The first-order valence-electron chi connectivity index (χ1n) is 14.8. The number of amides is 1. The van der Waals surface area contributed by atoms with E-state index in [1.807, 2.05) is 13.8 Å². The van der Waals surface area contributed by atoms with E-state index in [1.165, 1.54) is 12.8 Å². The van der Waals surface area contributed by atoms with Gasteiger partial charge in [0, 0.05) is 12.5 Å². The summed E-state index contributed by atoms with van der Waals surface area (Å²) in [7, 11) is -4.17. The van der Waals surface area contributed by atoms with Crippen LogP contribution in [-0.2, 0) is 14.9 Å². The summed E-state index contributed by atoms with van der Waals surface area (Å²) in [6, 6.07) is -0.610. The lowest BCUT2D eigenvalue weighted by atomic mass is 9.43. The number of fused-ring (bicyclic) bond motifs is 5. The molecule has 8 heteroatoms. The lowest BCUT2D eigenvalue weighted by molar-refractivity contribution is -0.175. The van der Waals surface area contributed by atoms with Gasteiger partial charge in [-0.25, -0.2) is 0 Å². The number of carbonyl (C=O) groups is 1.